The number of hydrogen-bond donors (Lipinski definition) is 2. The van der Waals surface area contributed by atoms with Gasteiger partial charge in [0.2, 0.25) is 0 Å². The highest BCUT2D eigenvalue weighted by Crippen LogP contribution is 2.22. The Bertz CT molecular complexity index is 610. The second-order valence-corrected chi connectivity index (χ2v) is 8.50. The first-order chi connectivity index (χ1) is 13.3. The molecule has 166 valence electrons. The fourth-order valence-corrected chi connectivity index (χ4v) is 3.48. The van der Waals surface area contributed by atoms with Crippen LogP contribution in [0.4, 0.5) is 0 Å². The van der Waals surface area contributed by atoms with Gasteiger partial charge in [-0.25, -0.2) is 0 Å². The molecule has 2 rings (SSSR count). The van der Waals surface area contributed by atoms with Crippen LogP contribution in [0, 0.1) is 12.3 Å². The van der Waals surface area contributed by atoms with Gasteiger partial charge in [0.05, 0.1) is 25.4 Å². The summed E-state index contributed by atoms with van der Waals surface area (Å²) in [5, 5.41) is 6.93. The van der Waals surface area contributed by atoms with E-state index in [0.29, 0.717) is 6.54 Å². The van der Waals surface area contributed by atoms with Gasteiger partial charge in [-0.05, 0) is 17.9 Å². The quantitative estimate of drug-likeness (QED) is 0.330. The maximum atomic E-state index is 5.64. The normalized spacial score (nSPS) is 17.9. The number of rotatable bonds is 7. The Hall–Kier alpha value is -0.900. The van der Waals surface area contributed by atoms with Gasteiger partial charge in [-0.15, -0.1) is 24.0 Å². The lowest BCUT2D eigenvalue weighted by molar-refractivity contribution is 0.0165. The van der Waals surface area contributed by atoms with Crippen molar-refractivity contribution in [3.8, 4) is 0 Å². The summed E-state index contributed by atoms with van der Waals surface area (Å²) >= 11 is 0. The molecule has 1 aromatic rings. The zero-order chi connectivity index (χ0) is 20.6. The topological polar surface area (TPSA) is 58.1 Å². The van der Waals surface area contributed by atoms with E-state index in [4.69, 9.17) is 9.47 Å². The average Bonchev–Trinajstić information content (AvgIpc) is 2.68. The standard InChI is InChI=1S/C22H38N4O2.HI/c1-17-7-9-18(10-8-17)19(26-11-13-28-14-12-26)15-24-21(23-5)25-16-20(27-6)22(2,3)4;/h7-10,19-20H,11-16H2,1-6H3,(H2,23,24,25);1H. The minimum Gasteiger partial charge on any atom is -0.379 e. The van der Waals surface area contributed by atoms with Crippen molar-refractivity contribution in [3.63, 3.8) is 0 Å². The lowest BCUT2D eigenvalue weighted by atomic mass is 9.89. The molecule has 1 aliphatic rings. The molecule has 0 radical (unpaired) electrons. The molecule has 0 saturated carbocycles. The molecular formula is C22H39IN4O2. The van der Waals surface area contributed by atoms with Gasteiger partial charge < -0.3 is 20.1 Å². The lowest BCUT2D eigenvalue weighted by Crippen LogP contribution is -2.48. The molecule has 0 aliphatic carbocycles. The molecule has 1 aliphatic heterocycles. The van der Waals surface area contributed by atoms with E-state index in [1.807, 2.05) is 7.05 Å². The van der Waals surface area contributed by atoms with Crippen LogP contribution in [0.3, 0.4) is 0 Å². The maximum Gasteiger partial charge on any atom is 0.191 e. The van der Waals surface area contributed by atoms with Crippen LogP contribution in [-0.4, -0.2) is 70.5 Å². The number of ether oxygens (including phenoxy) is 2. The van der Waals surface area contributed by atoms with Crippen molar-refractivity contribution in [2.75, 3.05) is 53.6 Å². The smallest absolute Gasteiger partial charge is 0.191 e. The van der Waals surface area contributed by atoms with E-state index in [1.54, 1.807) is 7.11 Å². The van der Waals surface area contributed by atoms with E-state index < -0.39 is 0 Å². The van der Waals surface area contributed by atoms with Gasteiger partial charge in [0.15, 0.2) is 5.96 Å². The van der Waals surface area contributed by atoms with E-state index in [9.17, 15) is 0 Å². The number of halogens is 1. The molecule has 0 spiro atoms. The summed E-state index contributed by atoms with van der Waals surface area (Å²) in [6.07, 6.45) is 0.109. The van der Waals surface area contributed by atoms with Gasteiger partial charge >= 0.3 is 0 Å². The Morgan fingerprint density at radius 2 is 1.72 bits per heavy atom. The molecule has 0 bridgehead atoms. The highest BCUT2D eigenvalue weighted by atomic mass is 127. The van der Waals surface area contributed by atoms with Crippen LogP contribution in [0.5, 0.6) is 0 Å². The summed E-state index contributed by atoms with van der Waals surface area (Å²) in [6, 6.07) is 9.11. The number of morpholine rings is 1. The molecule has 29 heavy (non-hydrogen) atoms. The summed E-state index contributed by atoms with van der Waals surface area (Å²) in [4.78, 5) is 6.88. The van der Waals surface area contributed by atoms with E-state index in [0.717, 1.165) is 38.8 Å². The van der Waals surface area contributed by atoms with Crippen LogP contribution in [0.25, 0.3) is 0 Å². The van der Waals surface area contributed by atoms with Crippen molar-refractivity contribution in [1.29, 1.82) is 0 Å². The number of hydrogen-bond acceptors (Lipinski definition) is 4. The Kier molecular flexibility index (Phi) is 11.5. The number of guanidine groups is 1. The van der Waals surface area contributed by atoms with Crippen LogP contribution in [-0.2, 0) is 9.47 Å². The van der Waals surface area contributed by atoms with Gasteiger partial charge in [0, 0.05) is 40.3 Å². The molecule has 1 aromatic carbocycles. The zero-order valence-corrected chi connectivity index (χ0v) is 21.2. The average molecular weight is 518 g/mol. The van der Waals surface area contributed by atoms with E-state index in [2.05, 4.69) is 72.5 Å². The molecule has 1 fully saturated rings. The summed E-state index contributed by atoms with van der Waals surface area (Å²) in [6.45, 7) is 13.7. The third-order valence-electron chi connectivity index (χ3n) is 5.34. The number of nitrogens with zero attached hydrogens (tertiary/aromatic N) is 2. The lowest BCUT2D eigenvalue weighted by Gasteiger charge is -2.35. The molecule has 6 nitrogen and oxygen atoms in total. The number of aliphatic imine (C=N–C) groups is 1. The molecular weight excluding hydrogens is 479 g/mol. The summed E-state index contributed by atoms with van der Waals surface area (Å²) in [7, 11) is 3.57. The van der Waals surface area contributed by atoms with Gasteiger partial charge in [-0.1, -0.05) is 50.6 Å². The Labute approximate surface area is 193 Å². The minimum absolute atomic E-state index is 0. The molecule has 1 heterocycles. The third kappa shape index (κ3) is 8.39. The number of benzene rings is 1. The summed E-state index contributed by atoms with van der Waals surface area (Å²) in [5.74, 6) is 0.802. The van der Waals surface area contributed by atoms with Gasteiger partial charge in [-0.3, -0.25) is 9.89 Å². The fourth-order valence-electron chi connectivity index (χ4n) is 3.48. The minimum atomic E-state index is 0. The van der Waals surface area contributed by atoms with Crippen LogP contribution < -0.4 is 10.6 Å². The highest BCUT2D eigenvalue weighted by Gasteiger charge is 2.25. The zero-order valence-electron chi connectivity index (χ0n) is 18.8. The van der Waals surface area contributed by atoms with Crippen molar-refractivity contribution < 1.29 is 9.47 Å². The Morgan fingerprint density at radius 3 is 2.24 bits per heavy atom. The second kappa shape index (κ2) is 12.7. The number of nitrogens with one attached hydrogen (secondary N) is 2. The van der Waals surface area contributed by atoms with E-state index in [-0.39, 0.29) is 41.5 Å². The predicted molar refractivity (Wildman–Crippen MR) is 131 cm³/mol. The third-order valence-corrected chi connectivity index (χ3v) is 5.34. The first-order valence-electron chi connectivity index (χ1n) is 10.2. The van der Waals surface area contributed by atoms with Crippen molar-refractivity contribution in [3.05, 3.63) is 35.4 Å². The van der Waals surface area contributed by atoms with Crippen LogP contribution in [0.2, 0.25) is 0 Å². The van der Waals surface area contributed by atoms with Crippen molar-refractivity contribution in [2.45, 2.75) is 39.8 Å². The van der Waals surface area contributed by atoms with Gasteiger partial charge in [0.1, 0.15) is 0 Å². The maximum absolute atomic E-state index is 5.64. The predicted octanol–water partition coefficient (Wildman–Crippen LogP) is 3.21. The Morgan fingerprint density at radius 1 is 1.14 bits per heavy atom. The molecule has 0 aromatic heterocycles. The van der Waals surface area contributed by atoms with E-state index >= 15 is 0 Å². The van der Waals surface area contributed by atoms with Crippen molar-refractivity contribution in [1.82, 2.24) is 15.5 Å². The summed E-state index contributed by atoms with van der Waals surface area (Å²) < 4.78 is 11.2. The number of methoxy groups -OCH3 is 1. The first kappa shape index (κ1) is 26.1. The van der Waals surface area contributed by atoms with Crippen LogP contribution in [0.15, 0.2) is 29.3 Å². The molecule has 2 atom stereocenters. The molecule has 1 saturated heterocycles. The first-order valence-corrected chi connectivity index (χ1v) is 10.2. The highest BCUT2D eigenvalue weighted by molar-refractivity contribution is 14.0. The van der Waals surface area contributed by atoms with Gasteiger partial charge in [-0.2, -0.15) is 0 Å². The fraction of sp³-hybridized carbons (Fsp3) is 0.682. The van der Waals surface area contributed by atoms with Crippen molar-refractivity contribution >= 4 is 29.9 Å². The van der Waals surface area contributed by atoms with Gasteiger partial charge in [0.25, 0.3) is 0 Å². The van der Waals surface area contributed by atoms with Crippen LogP contribution >= 0.6 is 24.0 Å². The molecule has 0 amide bonds. The molecule has 7 heteroatoms. The molecule has 2 N–H and O–H groups in total. The second-order valence-electron chi connectivity index (χ2n) is 8.50. The summed E-state index contributed by atoms with van der Waals surface area (Å²) in [5.41, 5.74) is 2.67. The molecule has 2 unspecified atom stereocenters. The Balaban J connectivity index is 0.00000420. The monoisotopic (exact) mass is 518 g/mol. The largest absolute Gasteiger partial charge is 0.379 e. The SMILES string of the molecule is CN=C(NCC(c1ccc(C)cc1)N1CCOCC1)NCC(OC)C(C)(C)C.I. The van der Waals surface area contributed by atoms with Crippen molar-refractivity contribution in [2.24, 2.45) is 10.4 Å². The number of aryl methyl sites for hydroxylation is 1. The van der Waals surface area contributed by atoms with Crippen LogP contribution in [0.1, 0.15) is 37.9 Å². The van der Waals surface area contributed by atoms with E-state index in [1.165, 1.54) is 11.1 Å².